The monoisotopic (exact) mass is 174 g/mol. The van der Waals surface area contributed by atoms with Crippen molar-refractivity contribution in [3.63, 3.8) is 0 Å². The molecule has 0 aromatic heterocycles. The van der Waals surface area contributed by atoms with Crippen molar-refractivity contribution in [2.24, 2.45) is 0 Å². The Kier molecular flexibility index (Phi) is 4.62. The molecule has 0 fully saturated rings. The van der Waals surface area contributed by atoms with Gasteiger partial charge in [-0.2, -0.15) is 0 Å². The van der Waals surface area contributed by atoms with Crippen molar-refractivity contribution in [1.82, 2.24) is 0 Å². The van der Waals surface area contributed by atoms with Gasteiger partial charge in [0.2, 0.25) is 0 Å². The van der Waals surface area contributed by atoms with Crippen molar-refractivity contribution in [2.75, 3.05) is 0 Å². The molecule has 0 radical (unpaired) electrons. The van der Waals surface area contributed by atoms with Crippen LogP contribution < -0.4 is 0 Å². The van der Waals surface area contributed by atoms with E-state index in [1.165, 1.54) is 5.56 Å². The summed E-state index contributed by atoms with van der Waals surface area (Å²) in [6.45, 7) is 0. The molecule has 0 spiro atoms. The van der Waals surface area contributed by atoms with Gasteiger partial charge in [-0.3, -0.25) is 0 Å². The number of carbonyl (C=O) groups excluding carboxylic acids is 1. The summed E-state index contributed by atoms with van der Waals surface area (Å²) in [6.07, 6.45) is 7.49. The molecule has 0 bridgehead atoms. The molecule has 1 aromatic carbocycles. The lowest BCUT2D eigenvalue weighted by Crippen LogP contribution is -1.81. The molecule has 1 aromatic rings. The summed E-state index contributed by atoms with van der Waals surface area (Å²) in [4.78, 5) is 9.99. The van der Waals surface area contributed by atoms with E-state index in [4.69, 9.17) is 0 Å². The lowest BCUT2D eigenvalue weighted by atomic mass is 10.1. The summed E-state index contributed by atoms with van der Waals surface area (Å²) in [5.74, 6) is 0. The fraction of sp³-hybridized carbons (Fsp3) is 0.250. The van der Waals surface area contributed by atoms with E-state index in [1.807, 2.05) is 24.3 Å². The van der Waals surface area contributed by atoms with Crippen molar-refractivity contribution >= 4 is 6.29 Å². The highest BCUT2D eigenvalue weighted by Crippen LogP contribution is 2.02. The van der Waals surface area contributed by atoms with Gasteiger partial charge in [0.1, 0.15) is 6.29 Å². The minimum absolute atomic E-state index is 0.536. The lowest BCUT2D eigenvalue weighted by Gasteiger charge is -1.95. The predicted octanol–water partition coefficient (Wildman–Crippen LogP) is 2.76. The number of rotatable bonds is 5. The molecular formula is C12H14O. The number of aldehydes is 1. The Labute approximate surface area is 79.1 Å². The average molecular weight is 174 g/mol. The SMILES string of the molecule is O=CCC=CCCc1ccccc1. The number of benzene rings is 1. The first-order chi connectivity index (χ1) is 6.43. The Morgan fingerprint density at radius 2 is 1.85 bits per heavy atom. The van der Waals surface area contributed by atoms with Gasteiger partial charge >= 0.3 is 0 Å². The quantitative estimate of drug-likeness (QED) is 0.495. The maximum absolute atomic E-state index is 9.99. The van der Waals surface area contributed by atoms with E-state index >= 15 is 0 Å². The van der Waals surface area contributed by atoms with Crippen LogP contribution in [0.15, 0.2) is 42.5 Å². The highest BCUT2D eigenvalue weighted by molar-refractivity contribution is 5.51. The molecule has 0 heterocycles. The van der Waals surface area contributed by atoms with Crippen molar-refractivity contribution in [1.29, 1.82) is 0 Å². The number of hydrogen-bond donors (Lipinski definition) is 0. The van der Waals surface area contributed by atoms with Crippen molar-refractivity contribution in [2.45, 2.75) is 19.3 Å². The first-order valence-corrected chi connectivity index (χ1v) is 4.56. The minimum Gasteiger partial charge on any atom is -0.303 e. The lowest BCUT2D eigenvalue weighted by molar-refractivity contribution is -0.107. The van der Waals surface area contributed by atoms with E-state index in [0.29, 0.717) is 6.42 Å². The van der Waals surface area contributed by atoms with Crippen molar-refractivity contribution in [3.05, 3.63) is 48.0 Å². The zero-order valence-corrected chi connectivity index (χ0v) is 7.65. The fourth-order valence-electron chi connectivity index (χ4n) is 1.16. The normalized spacial score (nSPS) is 10.5. The van der Waals surface area contributed by atoms with Crippen molar-refractivity contribution < 1.29 is 4.79 Å². The Morgan fingerprint density at radius 3 is 2.54 bits per heavy atom. The molecule has 1 rings (SSSR count). The van der Waals surface area contributed by atoms with Crippen LogP contribution in [0.4, 0.5) is 0 Å². The van der Waals surface area contributed by atoms with Gasteiger partial charge < -0.3 is 4.79 Å². The molecular weight excluding hydrogens is 160 g/mol. The zero-order valence-electron chi connectivity index (χ0n) is 7.65. The third-order valence-corrected chi connectivity index (χ3v) is 1.84. The molecule has 0 saturated carbocycles. The van der Waals surface area contributed by atoms with Gasteiger partial charge in [-0.25, -0.2) is 0 Å². The van der Waals surface area contributed by atoms with Crippen molar-refractivity contribution in [3.8, 4) is 0 Å². The third kappa shape index (κ3) is 4.26. The summed E-state index contributed by atoms with van der Waals surface area (Å²) in [6, 6.07) is 10.3. The molecule has 13 heavy (non-hydrogen) atoms. The Hall–Kier alpha value is -1.37. The molecule has 68 valence electrons. The maximum atomic E-state index is 9.99. The third-order valence-electron chi connectivity index (χ3n) is 1.84. The van der Waals surface area contributed by atoms with Gasteiger partial charge in [-0.15, -0.1) is 0 Å². The van der Waals surface area contributed by atoms with Gasteiger partial charge in [0.05, 0.1) is 0 Å². The predicted molar refractivity (Wildman–Crippen MR) is 54.6 cm³/mol. The molecule has 0 saturated heterocycles. The van der Waals surface area contributed by atoms with E-state index in [0.717, 1.165) is 19.1 Å². The standard InChI is InChI=1S/C12H14O/c13-11-7-2-1-4-8-12-9-5-3-6-10-12/h1-3,5-6,9-11H,4,7-8H2. The van der Waals surface area contributed by atoms with E-state index in [1.54, 1.807) is 0 Å². The number of carbonyl (C=O) groups is 1. The first kappa shape index (κ1) is 9.72. The molecule has 0 unspecified atom stereocenters. The van der Waals surface area contributed by atoms with Gasteiger partial charge in [-0.1, -0.05) is 42.5 Å². The summed E-state index contributed by atoms with van der Waals surface area (Å²) in [5, 5.41) is 0. The average Bonchev–Trinajstić information content (AvgIpc) is 2.19. The number of allylic oxidation sites excluding steroid dienone is 2. The largest absolute Gasteiger partial charge is 0.303 e. The Bertz CT molecular complexity index is 262. The van der Waals surface area contributed by atoms with Crippen LogP contribution in [0.25, 0.3) is 0 Å². The molecule has 1 nitrogen and oxygen atoms in total. The van der Waals surface area contributed by atoms with Crippen LogP contribution in [0.1, 0.15) is 18.4 Å². The highest BCUT2D eigenvalue weighted by Gasteiger charge is 1.87. The van der Waals surface area contributed by atoms with Crippen LogP contribution in [0, 0.1) is 0 Å². The second-order valence-electron chi connectivity index (χ2n) is 2.90. The van der Waals surface area contributed by atoms with E-state index in [-0.39, 0.29) is 0 Å². The molecule has 0 atom stereocenters. The number of aryl methyl sites for hydroxylation is 1. The van der Waals surface area contributed by atoms with Gasteiger partial charge in [0.25, 0.3) is 0 Å². The van der Waals surface area contributed by atoms with Crippen LogP contribution in [0.3, 0.4) is 0 Å². The smallest absolute Gasteiger partial charge is 0.123 e. The molecule has 0 N–H and O–H groups in total. The van der Waals surface area contributed by atoms with Crippen LogP contribution in [-0.4, -0.2) is 6.29 Å². The molecule has 0 aliphatic rings. The van der Waals surface area contributed by atoms with Crippen LogP contribution >= 0.6 is 0 Å². The Balaban J connectivity index is 2.24. The summed E-state index contributed by atoms with van der Waals surface area (Å²) in [7, 11) is 0. The fourth-order valence-corrected chi connectivity index (χ4v) is 1.16. The topological polar surface area (TPSA) is 17.1 Å². The van der Waals surface area contributed by atoms with Crippen LogP contribution in [0.5, 0.6) is 0 Å². The van der Waals surface area contributed by atoms with E-state index in [9.17, 15) is 4.79 Å². The maximum Gasteiger partial charge on any atom is 0.123 e. The second-order valence-corrected chi connectivity index (χ2v) is 2.90. The second kappa shape index (κ2) is 6.18. The van der Waals surface area contributed by atoms with Gasteiger partial charge in [-0.05, 0) is 18.4 Å². The summed E-state index contributed by atoms with van der Waals surface area (Å²) >= 11 is 0. The molecule has 0 amide bonds. The zero-order chi connectivity index (χ0) is 9.36. The molecule has 0 aliphatic heterocycles. The van der Waals surface area contributed by atoms with Gasteiger partial charge in [0.15, 0.2) is 0 Å². The minimum atomic E-state index is 0.536. The van der Waals surface area contributed by atoms with Gasteiger partial charge in [0, 0.05) is 6.42 Å². The van der Waals surface area contributed by atoms with Crippen LogP contribution in [0.2, 0.25) is 0 Å². The van der Waals surface area contributed by atoms with E-state index in [2.05, 4.69) is 18.2 Å². The molecule has 1 heteroatoms. The molecule has 0 aliphatic carbocycles. The highest BCUT2D eigenvalue weighted by atomic mass is 16.1. The summed E-state index contributed by atoms with van der Waals surface area (Å²) in [5.41, 5.74) is 1.35. The summed E-state index contributed by atoms with van der Waals surface area (Å²) < 4.78 is 0. The first-order valence-electron chi connectivity index (χ1n) is 4.56. The van der Waals surface area contributed by atoms with E-state index < -0.39 is 0 Å². The Morgan fingerprint density at radius 1 is 1.08 bits per heavy atom. The van der Waals surface area contributed by atoms with Crippen LogP contribution in [-0.2, 0) is 11.2 Å². The number of hydrogen-bond acceptors (Lipinski definition) is 1.